The highest BCUT2D eigenvalue weighted by atomic mass is 32.1. The van der Waals surface area contributed by atoms with Gasteiger partial charge in [0.2, 0.25) is 0 Å². The van der Waals surface area contributed by atoms with E-state index >= 15 is 0 Å². The molecule has 5 nitrogen and oxygen atoms in total. The highest BCUT2D eigenvalue weighted by Crippen LogP contribution is 2.16. The van der Waals surface area contributed by atoms with Gasteiger partial charge in [-0.1, -0.05) is 41.4 Å². The Morgan fingerprint density at radius 3 is 2.67 bits per heavy atom. The summed E-state index contributed by atoms with van der Waals surface area (Å²) in [5.41, 5.74) is 1.84. The molecule has 2 aromatic carbocycles. The van der Waals surface area contributed by atoms with Crippen LogP contribution in [0.3, 0.4) is 0 Å². The van der Waals surface area contributed by atoms with Crippen LogP contribution in [0.1, 0.15) is 12.0 Å². The Kier molecular flexibility index (Phi) is 4.96. The molecule has 24 heavy (non-hydrogen) atoms. The van der Waals surface area contributed by atoms with E-state index in [0.29, 0.717) is 18.7 Å². The fourth-order valence-electron chi connectivity index (χ4n) is 2.33. The largest absolute Gasteiger partial charge is 0.449 e. The van der Waals surface area contributed by atoms with E-state index in [2.05, 4.69) is 5.32 Å². The van der Waals surface area contributed by atoms with E-state index in [4.69, 9.17) is 4.74 Å². The highest BCUT2D eigenvalue weighted by molar-refractivity contribution is 7.13. The van der Waals surface area contributed by atoms with E-state index in [1.807, 2.05) is 55.5 Å². The van der Waals surface area contributed by atoms with Gasteiger partial charge in [-0.3, -0.25) is 14.1 Å². The van der Waals surface area contributed by atoms with Gasteiger partial charge >= 0.3 is 6.09 Å². The second-order valence-corrected chi connectivity index (χ2v) is 6.54. The van der Waals surface area contributed by atoms with Crippen molar-refractivity contribution in [3.8, 4) is 0 Å². The molecule has 1 heterocycles. The van der Waals surface area contributed by atoms with Crippen LogP contribution < -0.4 is 10.9 Å². The van der Waals surface area contributed by atoms with Crippen molar-refractivity contribution in [3.63, 3.8) is 0 Å². The smallest absolute Gasteiger partial charge is 0.411 e. The number of carbonyl (C=O) groups is 1. The maximum absolute atomic E-state index is 12.2. The second-order valence-electron chi connectivity index (χ2n) is 5.48. The van der Waals surface area contributed by atoms with Gasteiger partial charge in [0, 0.05) is 18.7 Å². The van der Waals surface area contributed by atoms with E-state index in [1.165, 1.54) is 11.5 Å². The van der Waals surface area contributed by atoms with Gasteiger partial charge in [-0.25, -0.2) is 4.79 Å². The van der Waals surface area contributed by atoms with Crippen molar-refractivity contribution in [1.82, 2.24) is 3.96 Å². The van der Waals surface area contributed by atoms with Crippen molar-refractivity contribution in [2.45, 2.75) is 19.9 Å². The van der Waals surface area contributed by atoms with Gasteiger partial charge in [-0.05, 0) is 31.2 Å². The van der Waals surface area contributed by atoms with E-state index in [-0.39, 0.29) is 12.2 Å². The molecule has 1 N–H and O–H groups in total. The summed E-state index contributed by atoms with van der Waals surface area (Å²) < 4.78 is 7.82. The van der Waals surface area contributed by atoms with Crippen molar-refractivity contribution in [3.05, 3.63) is 64.4 Å². The molecule has 0 radical (unpaired) electrons. The Hall–Kier alpha value is -2.60. The lowest BCUT2D eigenvalue weighted by atomic mass is 10.2. The van der Waals surface area contributed by atoms with Gasteiger partial charge in [0.25, 0.3) is 5.56 Å². The lowest BCUT2D eigenvalue weighted by Gasteiger charge is -2.07. The topological polar surface area (TPSA) is 60.3 Å². The van der Waals surface area contributed by atoms with Crippen LogP contribution in [0.2, 0.25) is 0 Å². The molecule has 0 fully saturated rings. The number of aryl methyl sites for hydroxylation is 2. The number of hydrogen-bond acceptors (Lipinski definition) is 4. The average molecular weight is 342 g/mol. The first-order valence-corrected chi connectivity index (χ1v) is 8.50. The monoisotopic (exact) mass is 342 g/mol. The van der Waals surface area contributed by atoms with Crippen molar-refractivity contribution in [1.29, 1.82) is 0 Å². The normalized spacial score (nSPS) is 10.7. The molecule has 0 saturated heterocycles. The number of hydrogen-bond donors (Lipinski definition) is 1. The molecule has 0 aliphatic heterocycles. The van der Waals surface area contributed by atoms with Gasteiger partial charge in [0.15, 0.2) is 0 Å². The molecule has 0 aliphatic carbocycles. The van der Waals surface area contributed by atoms with Crippen molar-refractivity contribution >= 4 is 33.4 Å². The predicted molar refractivity (Wildman–Crippen MR) is 96.9 cm³/mol. The van der Waals surface area contributed by atoms with Crippen LogP contribution in [-0.2, 0) is 11.3 Å². The molecule has 124 valence electrons. The number of rotatable bonds is 5. The standard InChI is InChI=1S/C18H18N2O3S/c1-13-7-9-14(10-8-13)19-18(22)23-12-4-11-20-17(21)15-5-2-3-6-16(15)24-20/h2-3,5-10H,4,11-12H2,1H3,(H,19,22). The summed E-state index contributed by atoms with van der Waals surface area (Å²) in [6, 6.07) is 15.0. The third kappa shape index (κ3) is 3.83. The molecule has 1 amide bonds. The zero-order valence-electron chi connectivity index (χ0n) is 13.3. The van der Waals surface area contributed by atoms with Crippen LogP contribution in [0.5, 0.6) is 0 Å². The van der Waals surface area contributed by atoms with Crippen LogP contribution in [0.15, 0.2) is 53.3 Å². The first kappa shape index (κ1) is 16.3. The summed E-state index contributed by atoms with van der Waals surface area (Å²) in [6.45, 7) is 2.78. The zero-order chi connectivity index (χ0) is 16.9. The Bertz CT molecular complexity index is 897. The number of carbonyl (C=O) groups excluding carboxylic acids is 1. The number of amides is 1. The minimum absolute atomic E-state index is 0.0136. The van der Waals surface area contributed by atoms with Crippen molar-refractivity contribution in [2.24, 2.45) is 0 Å². The maximum atomic E-state index is 12.2. The molecule has 0 aliphatic rings. The Balaban J connectivity index is 1.47. The second kappa shape index (κ2) is 7.31. The predicted octanol–water partition coefficient (Wildman–Crippen LogP) is 4.01. The van der Waals surface area contributed by atoms with E-state index in [1.54, 1.807) is 3.96 Å². The van der Waals surface area contributed by atoms with E-state index in [9.17, 15) is 9.59 Å². The minimum atomic E-state index is -0.484. The third-order valence-corrected chi connectivity index (χ3v) is 4.71. The summed E-state index contributed by atoms with van der Waals surface area (Å²) in [5.74, 6) is 0. The van der Waals surface area contributed by atoms with Crippen LogP contribution in [0, 0.1) is 6.92 Å². The molecule has 0 spiro atoms. The first-order chi connectivity index (χ1) is 11.6. The van der Waals surface area contributed by atoms with E-state index in [0.717, 1.165) is 15.6 Å². The van der Waals surface area contributed by atoms with Gasteiger partial charge in [-0.2, -0.15) is 0 Å². The lowest BCUT2D eigenvalue weighted by Crippen LogP contribution is -2.17. The van der Waals surface area contributed by atoms with Crippen LogP contribution in [-0.4, -0.2) is 16.7 Å². The average Bonchev–Trinajstić information content (AvgIpc) is 2.90. The fourth-order valence-corrected chi connectivity index (χ4v) is 3.36. The lowest BCUT2D eigenvalue weighted by molar-refractivity contribution is 0.158. The highest BCUT2D eigenvalue weighted by Gasteiger charge is 2.07. The van der Waals surface area contributed by atoms with Crippen molar-refractivity contribution < 1.29 is 9.53 Å². The molecule has 0 atom stereocenters. The fraction of sp³-hybridized carbons (Fsp3) is 0.222. The molecular weight excluding hydrogens is 324 g/mol. The summed E-state index contributed by atoms with van der Waals surface area (Å²) in [4.78, 5) is 23.9. The molecule has 3 rings (SSSR count). The number of nitrogens with zero attached hydrogens (tertiary/aromatic N) is 1. The molecule has 0 saturated carbocycles. The summed E-state index contributed by atoms with van der Waals surface area (Å²) in [5, 5.41) is 3.41. The summed E-state index contributed by atoms with van der Waals surface area (Å²) >= 11 is 1.43. The SMILES string of the molecule is Cc1ccc(NC(=O)OCCCn2sc3ccccc3c2=O)cc1. The van der Waals surface area contributed by atoms with Crippen LogP contribution in [0.4, 0.5) is 10.5 Å². The van der Waals surface area contributed by atoms with Crippen molar-refractivity contribution in [2.75, 3.05) is 11.9 Å². The van der Waals surface area contributed by atoms with Crippen LogP contribution >= 0.6 is 11.5 Å². The van der Waals surface area contributed by atoms with Gasteiger partial charge in [0.05, 0.1) is 16.7 Å². The molecule has 1 aromatic heterocycles. The maximum Gasteiger partial charge on any atom is 0.411 e. The Morgan fingerprint density at radius 1 is 1.17 bits per heavy atom. The number of anilines is 1. The Morgan fingerprint density at radius 2 is 1.92 bits per heavy atom. The van der Waals surface area contributed by atoms with Gasteiger partial charge < -0.3 is 4.74 Å². The molecule has 0 unspecified atom stereocenters. The van der Waals surface area contributed by atoms with Crippen LogP contribution in [0.25, 0.3) is 10.1 Å². The number of nitrogens with one attached hydrogen (secondary N) is 1. The zero-order valence-corrected chi connectivity index (χ0v) is 14.1. The Labute approximate surface area is 143 Å². The number of aromatic nitrogens is 1. The van der Waals surface area contributed by atoms with Gasteiger partial charge in [0.1, 0.15) is 0 Å². The van der Waals surface area contributed by atoms with E-state index < -0.39 is 6.09 Å². The summed E-state index contributed by atoms with van der Waals surface area (Å²) in [6.07, 6.45) is 0.108. The molecule has 0 bridgehead atoms. The molecular formula is C18H18N2O3S. The number of fused-ring (bicyclic) bond motifs is 1. The minimum Gasteiger partial charge on any atom is -0.449 e. The number of ether oxygens (including phenoxy) is 1. The first-order valence-electron chi connectivity index (χ1n) is 7.73. The van der Waals surface area contributed by atoms with Gasteiger partial charge in [-0.15, -0.1) is 0 Å². The summed E-state index contributed by atoms with van der Waals surface area (Å²) in [7, 11) is 0. The number of benzene rings is 2. The third-order valence-electron chi connectivity index (χ3n) is 3.59. The quantitative estimate of drug-likeness (QED) is 0.713. The molecule has 3 aromatic rings. The molecule has 6 heteroatoms.